The van der Waals surface area contributed by atoms with Gasteiger partial charge in [-0.1, -0.05) is 12.1 Å². The van der Waals surface area contributed by atoms with Crippen LogP contribution >= 0.6 is 0 Å². The zero-order chi connectivity index (χ0) is 24.1. The molecule has 2 fully saturated rings. The first-order chi connectivity index (χ1) is 16.4. The summed E-state index contributed by atoms with van der Waals surface area (Å²) in [6, 6.07) is 11.0. The van der Waals surface area contributed by atoms with Crippen LogP contribution in [0.3, 0.4) is 0 Å². The molecule has 4 rings (SSSR count). The van der Waals surface area contributed by atoms with Crippen LogP contribution in [0.1, 0.15) is 18.4 Å². The summed E-state index contributed by atoms with van der Waals surface area (Å²) < 4.78 is 51.2. The average Bonchev–Trinajstić information content (AvgIpc) is 2.86. The van der Waals surface area contributed by atoms with Gasteiger partial charge >= 0.3 is 0 Å². The Hall–Kier alpha value is -2.53. The Morgan fingerprint density at radius 3 is 2.41 bits per heavy atom. The number of ether oxygens (including phenoxy) is 2. The maximum absolute atomic E-state index is 13.1. The van der Waals surface area contributed by atoms with Crippen LogP contribution in [-0.4, -0.2) is 70.0 Å². The molecule has 2 saturated heterocycles. The fraction of sp³-hybridized carbons (Fsp3) is 0.458. The number of nitrogens with zero attached hydrogens (tertiary/aromatic N) is 2. The zero-order valence-electron chi connectivity index (χ0n) is 19.2. The highest BCUT2D eigenvalue weighted by Crippen LogP contribution is 2.30. The summed E-state index contributed by atoms with van der Waals surface area (Å²) >= 11 is 0. The number of methoxy groups -OCH3 is 1. The van der Waals surface area contributed by atoms with Gasteiger partial charge in [0.15, 0.2) is 0 Å². The molecular formula is C24H30FN3O5S. The van der Waals surface area contributed by atoms with E-state index in [-0.39, 0.29) is 22.5 Å². The molecule has 0 aliphatic carbocycles. The van der Waals surface area contributed by atoms with Crippen molar-refractivity contribution in [1.29, 1.82) is 0 Å². The summed E-state index contributed by atoms with van der Waals surface area (Å²) in [5.41, 5.74) is 1.38. The number of hydrogen-bond acceptors (Lipinski definition) is 6. The number of nitrogens with one attached hydrogen (secondary N) is 1. The van der Waals surface area contributed by atoms with Crippen LogP contribution in [-0.2, 0) is 26.1 Å². The predicted octanol–water partition coefficient (Wildman–Crippen LogP) is 2.71. The van der Waals surface area contributed by atoms with Crippen molar-refractivity contribution < 1.29 is 27.1 Å². The molecule has 184 valence electrons. The molecule has 1 amide bonds. The lowest BCUT2D eigenvalue weighted by atomic mass is 9.95. The van der Waals surface area contributed by atoms with E-state index < -0.39 is 10.0 Å². The molecule has 8 nitrogen and oxygen atoms in total. The van der Waals surface area contributed by atoms with Crippen molar-refractivity contribution in [3.63, 3.8) is 0 Å². The molecule has 2 aromatic carbocycles. The third-order valence-electron chi connectivity index (χ3n) is 6.31. The molecule has 0 saturated carbocycles. The van der Waals surface area contributed by atoms with Crippen LogP contribution < -0.4 is 10.1 Å². The first-order valence-electron chi connectivity index (χ1n) is 11.4. The molecular weight excluding hydrogens is 461 g/mol. The van der Waals surface area contributed by atoms with Gasteiger partial charge in [0, 0.05) is 25.6 Å². The van der Waals surface area contributed by atoms with Crippen molar-refractivity contribution in [3.8, 4) is 5.75 Å². The Balaban J connectivity index is 1.39. The predicted molar refractivity (Wildman–Crippen MR) is 126 cm³/mol. The molecule has 2 aromatic rings. The SMILES string of the molecule is COc1ccc(S(=O)(=O)N2CCOCC2)cc1NC(=O)C1CCN(Cc2ccc(F)cc2)CC1. The van der Waals surface area contributed by atoms with E-state index in [0.29, 0.717) is 57.1 Å². The number of benzene rings is 2. The lowest BCUT2D eigenvalue weighted by molar-refractivity contribution is -0.121. The van der Waals surface area contributed by atoms with Gasteiger partial charge in [-0.2, -0.15) is 4.31 Å². The van der Waals surface area contributed by atoms with Crippen molar-refractivity contribution in [2.75, 3.05) is 51.8 Å². The summed E-state index contributed by atoms with van der Waals surface area (Å²) in [5, 5.41) is 2.89. The first kappa shape index (κ1) is 24.6. The largest absolute Gasteiger partial charge is 0.495 e. The number of piperidine rings is 1. The highest BCUT2D eigenvalue weighted by Gasteiger charge is 2.29. The Bertz CT molecular complexity index is 1100. The fourth-order valence-corrected chi connectivity index (χ4v) is 5.75. The van der Waals surface area contributed by atoms with Gasteiger partial charge in [0.1, 0.15) is 11.6 Å². The standard InChI is InChI=1S/C24H30FN3O5S/c1-32-23-7-6-21(34(30,31)28-12-14-33-15-13-28)16-22(23)26-24(29)19-8-10-27(11-9-19)17-18-2-4-20(25)5-3-18/h2-7,16,19H,8-15,17H2,1H3,(H,26,29). The van der Waals surface area contributed by atoms with E-state index in [9.17, 15) is 17.6 Å². The van der Waals surface area contributed by atoms with Crippen molar-refractivity contribution in [2.45, 2.75) is 24.3 Å². The summed E-state index contributed by atoms with van der Waals surface area (Å²) in [5.74, 6) is -0.186. The van der Waals surface area contributed by atoms with Crippen LogP contribution in [0.2, 0.25) is 0 Å². The molecule has 2 heterocycles. The zero-order valence-corrected chi connectivity index (χ0v) is 20.0. The number of rotatable bonds is 7. The normalized spacial score (nSPS) is 18.5. The number of anilines is 1. The van der Waals surface area contributed by atoms with Crippen LogP contribution in [0.15, 0.2) is 47.4 Å². The summed E-state index contributed by atoms with van der Waals surface area (Å²) in [6.45, 7) is 3.52. The number of amides is 1. The summed E-state index contributed by atoms with van der Waals surface area (Å²) in [6.07, 6.45) is 1.36. The Morgan fingerprint density at radius 2 is 1.76 bits per heavy atom. The molecule has 10 heteroatoms. The summed E-state index contributed by atoms with van der Waals surface area (Å²) in [4.78, 5) is 15.4. The fourth-order valence-electron chi connectivity index (χ4n) is 4.32. The molecule has 0 aromatic heterocycles. The quantitative estimate of drug-likeness (QED) is 0.641. The van der Waals surface area contributed by atoms with Gasteiger partial charge in [-0.25, -0.2) is 12.8 Å². The van der Waals surface area contributed by atoms with Crippen LogP contribution in [0.25, 0.3) is 0 Å². The number of sulfonamides is 1. The molecule has 1 N–H and O–H groups in total. The number of halogens is 1. The van der Waals surface area contributed by atoms with E-state index >= 15 is 0 Å². The number of hydrogen-bond donors (Lipinski definition) is 1. The highest BCUT2D eigenvalue weighted by molar-refractivity contribution is 7.89. The van der Waals surface area contributed by atoms with E-state index in [1.165, 1.54) is 35.7 Å². The van der Waals surface area contributed by atoms with Gasteiger partial charge in [0.25, 0.3) is 0 Å². The molecule has 0 radical (unpaired) electrons. The van der Waals surface area contributed by atoms with Crippen molar-refractivity contribution in [3.05, 3.63) is 53.8 Å². The maximum Gasteiger partial charge on any atom is 0.243 e. The minimum Gasteiger partial charge on any atom is -0.495 e. The second-order valence-corrected chi connectivity index (χ2v) is 10.5. The van der Waals surface area contributed by atoms with Crippen LogP contribution in [0.4, 0.5) is 10.1 Å². The minimum atomic E-state index is -3.69. The second kappa shape index (κ2) is 10.8. The van der Waals surface area contributed by atoms with Gasteiger partial charge in [0.05, 0.1) is 30.9 Å². The maximum atomic E-state index is 13.1. The second-order valence-electron chi connectivity index (χ2n) is 8.54. The van der Waals surface area contributed by atoms with Crippen LogP contribution in [0.5, 0.6) is 5.75 Å². The Kier molecular flexibility index (Phi) is 7.82. The monoisotopic (exact) mass is 491 g/mol. The van der Waals surface area contributed by atoms with Gasteiger partial charge in [0.2, 0.25) is 15.9 Å². The first-order valence-corrected chi connectivity index (χ1v) is 12.8. The number of carbonyl (C=O) groups excluding carboxylic acids is 1. The van der Waals surface area contributed by atoms with Gasteiger partial charge in [-0.05, 0) is 61.8 Å². The Morgan fingerprint density at radius 1 is 1.09 bits per heavy atom. The number of morpholine rings is 1. The van der Waals surface area contributed by atoms with Gasteiger partial charge < -0.3 is 14.8 Å². The smallest absolute Gasteiger partial charge is 0.243 e. The molecule has 34 heavy (non-hydrogen) atoms. The van der Waals surface area contributed by atoms with Crippen molar-refractivity contribution >= 4 is 21.6 Å². The summed E-state index contributed by atoms with van der Waals surface area (Å²) in [7, 11) is -2.21. The van der Waals surface area contributed by atoms with E-state index in [0.717, 1.165) is 18.7 Å². The average molecular weight is 492 g/mol. The van der Waals surface area contributed by atoms with Crippen molar-refractivity contribution in [2.24, 2.45) is 5.92 Å². The lowest BCUT2D eigenvalue weighted by Crippen LogP contribution is -2.40. The third-order valence-corrected chi connectivity index (χ3v) is 8.21. The van der Waals surface area contributed by atoms with Crippen molar-refractivity contribution in [1.82, 2.24) is 9.21 Å². The van der Waals surface area contributed by atoms with E-state index in [1.807, 2.05) is 0 Å². The number of likely N-dealkylation sites (tertiary alicyclic amines) is 1. The molecule has 2 aliphatic heterocycles. The topological polar surface area (TPSA) is 88.2 Å². The van der Waals surface area contributed by atoms with E-state index in [1.54, 1.807) is 18.2 Å². The molecule has 0 atom stereocenters. The van der Waals surface area contributed by atoms with E-state index in [4.69, 9.17) is 9.47 Å². The molecule has 0 spiro atoms. The molecule has 2 aliphatic rings. The highest BCUT2D eigenvalue weighted by atomic mass is 32.2. The lowest BCUT2D eigenvalue weighted by Gasteiger charge is -2.31. The molecule has 0 unspecified atom stereocenters. The van der Waals surface area contributed by atoms with E-state index in [2.05, 4.69) is 10.2 Å². The third kappa shape index (κ3) is 5.75. The molecule has 0 bridgehead atoms. The number of carbonyl (C=O) groups is 1. The van der Waals surface area contributed by atoms with Gasteiger partial charge in [-0.15, -0.1) is 0 Å². The Labute approximate surface area is 199 Å². The van der Waals surface area contributed by atoms with Gasteiger partial charge in [-0.3, -0.25) is 9.69 Å². The minimum absolute atomic E-state index is 0.111. The van der Waals surface area contributed by atoms with Crippen LogP contribution in [0, 0.1) is 11.7 Å².